The molecule has 0 radical (unpaired) electrons. The van der Waals surface area contributed by atoms with Crippen molar-refractivity contribution in [2.45, 2.75) is 25.0 Å². The average molecular weight is 447 g/mol. The fourth-order valence-corrected chi connectivity index (χ4v) is 4.01. The molecule has 0 bridgehead atoms. The topological polar surface area (TPSA) is 90.0 Å². The molecule has 0 spiro atoms. The van der Waals surface area contributed by atoms with Gasteiger partial charge in [-0.3, -0.25) is 19.5 Å². The van der Waals surface area contributed by atoms with Crippen molar-refractivity contribution in [1.82, 2.24) is 20.1 Å². The molecule has 0 atom stereocenters. The molecule has 4 rings (SSSR count). The van der Waals surface area contributed by atoms with E-state index in [1.807, 2.05) is 78.2 Å². The van der Waals surface area contributed by atoms with Crippen LogP contribution in [0.1, 0.15) is 16.9 Å². The van der Waals surface area contributed by atoms with Crippen molar-refractivity contribution in [1.29, 1.82) is 0 Å². The van der Waals surface area contributed by atoms with Gasteiger partial charge in [0.15, 0.2) is 11.0 Å². The van der Waals surface area contributed by atoms with Gasteiger partial charge < -0.3 is 4.42 Å². The van der Waals surface area contributed by atoms with Crippen LogP contribution in [0.3, 0.4) is 0 Å². The lowest BCUT2D eigenvalue weighted by Gasteiger charge is -2.10. The first-order chi connectivity index (χ1) is 15.6. The van der Waals surface area contributed by atoms with E-state index in [4.69, 9.17) is 4.42 Å². The van der Waals surface area contributed by atoms with Crippen LogP contribution >= 0.6 is 11.8 Å². The van der Waals surface area contributed by atoms with Crippen LogP contribution in [0.15, 0.2) is 82.6 Å². The van der Waals surface area contributed by atoms with Crippen LogP contribution in [-0.2, 0) is 22.6 Å². The third-order valence-electron chi connectivity index (χ3n) is 4.82. The van der Waals surface area contributed by atoms with E-state index in [-0.39, 0.29) is 24.0 Å². The maximum absolute atomic E-state index is 12.4. The number of aryl methyl sites for hydroxylation is 1. The number of hydrogen-bond acceptors (Lipinski definition) is 6. The van der Waals surface area contributed by atoms with Crippen molar-refractivity contribution in [3.05, 3.63) is 89.9 Å². The van der Waals surface area contributed by atoms with E-state index in [0.717, 1.165) is 22.5 Å². The van der Waals surface area contributed by atoms with Crippen LogP contribution in [0.25, 0.3) is 11.4 Å². The SMILES string of the molecule is Cc1occc1-c1nnc(SCC(=O)NC(=O)Cc2ccccc2)n1Cc1ccccc1. The lowest BCUT2D eigenvalue weighted by Crippen LogP contribution is -2.33. The van der Waals surface area contributed by atoms with Crippen LogP contribution in [0.4, 0.5) is 0 Å². The fraction of sp³-hybridized carbons (Fsp3) is 0.167. The van der Waals surface area contributed by atoms with E-state index in [0.29, 0.717) is 17.5 Å². The molecule has 1 N–H and O–H groups in total. The summed E-state index contributed by atoms with van der Waals surface area (Å²) in [6, 6.07) is 21.1. The number of amides is 2. The lowest BCUT2D eigenvalue weighted by atomic mass is 10.1. The Bertz CT molecular complexity index is 1200. The molecule has 7 nitrogen and oxygen atoms in total. The van der Waals surface area contributed by atoms with Gasteiger partial charge in [-0.25, -0.2) is 0 Å². The van der Waals surface area contributed by atoms with Gasteiger partial charge in [-0.2, -0.15) is 0 Å². The van der Waals surface area contributed by atoms with Crippen LogP contribution in [-0.4, -0.2) is 32.3 Å². The van der Waals surface area contributed by atoms with E-state index in [1.54, 1.807) is 6.26 Å². The maximum atomic E-state index is 12.4. The highest BCUT2D eigenvalue weighted by Gasteiger charge is 2.19. The molecule has 0 aliphatic heterocycles. The highest BCUT2D eigenvalue weighted by atomic mass is 32.2. The number of rotatable bonds is 8. The van der Waals surface area contributed by atoms with Crippen LogP contribution < -0.4 is 5.32 Å². The van der Waals surface area contributed by atoms with E-state index < -0.39 is 0 Å². The van der Waals surface area contributed by atoms with Crippen molar-refractivity contribution in [2.24, 2.45) is 0 Å². The van der Waals surface area contributed by atoms with Crippen LogP contribution in [0.2, 0.25) is 0 Å². The molecule has 2 aromatic heterocycles. The second kappa shape index (κ2) is 10.1. The molecule has 8 heteroatoms. The third kappa shape index (κ3) is 5.33. The van der Waals surface area contributed by atoms with Gasteiger partial charge in [0, 0.05) is 0 Å². The summed E-state index contributed by atoms with van der Waals surface area (Å²) in [5.41, 5.74) is 2.79. The molecule has 2 heterocycles. The van der Waals surface area contributed by atoms with Gasteiger partial charge in [-0.1, -0.05) is 72.4 Å². The van der Waals surface area contributed by atoms with Gasteiger partial charge in [0.05, 0.1) is 30.5 Å². The standard InChI is InChI=1S/C24H22N4O3S/c1-17-20(12-13-31-17)23-26-27-24(28(23)15-19-10-6-3-7-11-19)32-16-22(30)25-21(29)14-18-8-4-2-5-9-18/h2-13H,14-16H2,1H3,(H,25,29,30). The molecule has 32 heavy (non-hydrogen) atoms. The Labute approximate surface area is 189 Å². The summed E-state index contributed by atoms with van der Waals surface area (Å²) < 4.78 is 7.39. The monoisotopic (exact) mass is 446 g/mol. The van der Waals surface area contributed by atoms with Crippen LogP contribution in [0, 0.1) is 6.92 Å². The number of carbonyl (C=O) groups excluding carboxylic acids is 2. The number of hydrogen-bond donors (Lipinski definition) is 1. The Balaban J connectivity index is 1.46. The first-order valence-corrected chi connectivity index (χ1v) is 11.1. The van der Waals surface area contributed by atoms with Crippen molar-refractivity contribution >= 4 is 23.6 Å². The number of benzene rings is 2. The smallest absolute Gasteiger partial charge is 0.237 e. The molecule has 2 amide bonds. The Hall–Kier alpha value is -3.65. The van der Waals surface area contributed by atoms with Gasteiger partial charge in [0.25, 0.3) is 0 Å². The largest absolute Gasteiger partial charge is 0.469 e. The molecule has 0 fully saturated rings. The van der Waals surface area contributed by atoms with Crippen molar-refractivity contribution in [3.8, 4) is 11.4 Å². The third-order valence-corrected chi connectivity index (χ3v) is 5.79. The summed E-state index contributed by atoms with van der Waals surface area (Å²) in [6.07, 6.45) is 1.77. The van der Waals surface area contributed by atoms with Crippen molar-refractivity contribution < 1.29 is 14.0 Å². The van der Waals surface area contributed by atoms with Gasteiger partial charge in [0.1, 0.15) is 5.76 Å². The molecule has 0 aliphatic rings. The predicted octanol–water partition coefficient (Wildman–Crippen LogP) is 3.87. The summed E-state index contributed by atoms with van der Waals surface area (Å²) in [6.45, 7) is 2.42. The van der Waals surface area contributed by atoms with E-state index in [9.17, 15) is 9.59 Å². The Morgan fingerprint density at radius 1 is 0.938 bits per heavy atom. The normalized spacial score (nSPS) is 10.8. The Kier molecular flexibility index (Phi) is 6.81. The second-order valence-corrected chi connectivity index (χ2v) is 8.13. The van der Waals surface area contributed by atoms with Gasteiger partial charge >= 0.3 is 0 Å². The zero-order chi connectivity index (χ0) is 22.3. The van der Waals surface area contributed by atoms with Crippen LogP contribution in [0.5, 0.6) is 0 Å². The van der Waals surface area contributed by atoms with Crippen molar-refractivity contribution in [2.75, 3.05) is 5.75 Å². The summed E-state index contributed by atoms with van der Waals surface area (Å²) in [5, 5.41) is 11.7. The summed E-state index contributed by atoms with van der Waals surface area (Å²) in [7, 11) is 0. The Morgan fingerprint density at radius 3 is 2.28 bits per heavy atom. The number of carbonyl (C=O) groups is 2. The minimum Gasteiger partial charge on any atom is -0.469 e. The molecule has 0 saturated carbocycles. The summed E-state index contributed by atoms with van der Waals surface area (Å²) >= 11 is 1.24. The molecule has 0 aliphatic carbocycles. The first-order valence-electron chi connectivity index (χ1n) is 10.1. The number of thioether (sulfide) groups is 1. The van der Waals surface area contributed by atoms with Gasteiger partial charge in [0.2, 0.25) is 11.8 Å². The zero-order valence-corrected chi connectivity index (χ0v) is 18.3. The average Bonchev–Trinajstić information content (AvgIpc) is 3.39. The minimum atomic E-state index is -0.369. The summed E-state index contributed by atoms with van der Waals surface area (Å²) in [5.74, 6) is 0.766. The Morgan fingerprint density at radius 2 is 1.62 bits per heavy atom. The second-order valence-electron chi connectivity index (χ2n) is 7.19. The molecule has 0 unspecified atom stereocenters. The number of nitrogens with one attached hydrogen (secondary N) is 1. The minimum absolute atomic E-state index is 0.0534. The summed E-state index contributed by atoms with van der Waals surface area (Å²) in [4.78, 5) is 24.5. The first kappa shape index (κ1) is 21.6. The molecular formula is C24H22N4O3S. The highest BCUT2D eigenvalue weighted by molar-refractivity contribution is 7.99. The predicted molar refractivity (Wildman–Crippen MR) is 122 cm³/mol. The molecule has 0 saturated heterocycles. The molecule has 2 aromatic carbocycles. The van der Waals surface area contributed by atoms with Crippen molar-refractivity contribution in [3.63, 3.8) is 0 Å². The number of aromatic nitrogens is 3. The quantitative estimate of drug-likeness (QED) is 0.413. The number of furan rings is 1. The van der Waals surface area contributed by atoms with E-state index >= 15 is 0 Å². The number of imide groups is 1. The van der Waals surface area contributed by atoms with Gasteiger partial charge in [-0.15, -0.1) is 10.2 Å². The fourth-order valence-electron chi connectivity index (χ4n) is 3.27. The van der Waals surface area contributed by atoms with E-state index in [1.165, 1.54) is 11.8 Å². The van der Waals surface area contributed by atoms with Gasteiger partial charge in [-0.05, 0) is 24.1 Å². The molecule has 4 aromatic rings. The highest BCUT2D eigenvalue weighted by Crippen LogP contribution is 2.27. The van der Waals surface area contributed by atoms with E-state index in [2.05, 4.69) is 15.5 Å². The zero-order valence-electron chi connectivity index (χ0n) is 17.5. The molecular weight excluding hydrogens is 424 g/mol. The number of nitrogens with zero attached hydrogens (tertiary/aromatic N) is 3. The molecule has 162 valence electrons. The lowest BCUT2D eigenvalue weighted by molar-refractivity contribution is -0.128. The maximum Gasteiger partial charge on any atom is 0.237 e.